The van der Waals surface area contributed by atoms with Gasteiger partial charge < -0.3 is 30.6 Å². The Morgan fingerprint density at radius 2 is 1.69 bits per heavy atom. The molecule has 4 amide bonds. The van der Waals surface area contributed by atoms with Crippen molar-refractivity contribution in [1.82, 2.24) is 10.2 Å². The smallest absolute Gasteiger partial charge is 0.404 e. The van der Waals surface area contributed by atoms with Crippen LogP contribution in [0.15, 0.2) is 84.1 Å². The molecule has 3 aromatic rings. The lowest BCUT2D eigenvalue weighted by Crippen LogP contribution is -2.80. The fourth-order valence-electron chi connectivity index (χ4n) is 4.99. The summed E-state index contributed by atoms with van der Waals surface area (Å²) >= 11 is 7.71. The first-order chi connectivity index (χ1) is 21.6. The SMILES string of the molecule is CO[C@@]1(NC(=O)Cc2ccc(NC(=O)Cl)s2)C(=O)N2C(C(=O)OC(c3ccccc3)c3ccccc3)=C(COC(N)=O)CS[C@@H]21. The number of hydrogen-bond acceptors (Lipinski definition) is 10. The zero-order valence-electron chi connectivity index (χ0n) is 23.7. The van der Waals surface area contributed by atoms with Crippen molar-refractivity contribution in [3.05, 3.63) is 100 Å². The van der Waals surface area contributed by atoms with E-state index < -0.39 is 46.4 Å². The molecule has 5 rings (SSSR count). The van der Waals surface area contributed by atoms with E-state index in [2.05, 4.69) is 10.6 Å². The molecule has 0 radical (unpaired) electrons. The molecule has 2 aromatic carbocycles. The number of primary amides is 1. The number of hydrogen-bond donors (Lipinski definition) is 3. The molecule has 234 valence electrons. The van der Waals surface area contributed by atoms with Crippen LogP contribution in [0.25, 0.3) is 0 Å². The van der Waals surface area contributed by atoms with Gasteiger partial charge in [-0.3, -0.25) is 19.3 Å². The van der Waals surface area contributed by atoms with Crippen molar-refractivity contribution in [3.8, 4) is 0 Å². The molecule has 1 aromatic heterocycles. The van der Waals surface area contributed by atoms with Gasteiger partial charge in [0.1, 0.15) is 17.7 Å². The number of halogens is 1. The summed E-state index contributed by atoms with van der Waals surface area (Å²) in [6, 6.07) is 21.5. The molecule has 0 spiro atoms. The van der Waals surface area contributed by atoms with Gasteiger partial charge in [0, 0.05) is 23.3 Å². The molecule has 12 nitrogen and oxygen atoms in total. The predicted octanol–water partition coefficient (Wildman–Crippen LogP) is 4.12. The van der Waals surface area contributed by atoms with E-state index in [4.69, 9.17) is 31.5 Å². The Balaban J connectivity index is 1.41. The molecular formula is C30H27ClN4O8S2. The highest BCUT2D eigenvalue weighted by Gasteiger charge is 2.66. The molecule has 2 aliphatic heterocycles. The average molecular weight is 671 g/mol. The average Bonchev–Trinajstić information content (AvgIpc) is 3.46. The maximum atomic E-state index is 14.0. The summed E-state index contributed by atoms with van der Waals surface area (Å²) in [4.78, 5) is 65.2. The van der Waals surface area contributed by atoms with Crippen molar-refractivity contribution in [1.29, 1.82) is 0 Å². The number of anilines is 1. The number of benzene rings is 2. The first-order valence-electron chi connectivity index (χ1n) is 13.4. The van der Waals surface area contributed by atoms with Crippen molar-refractivity contribution < 1.29 is 38.2 Å². The lowest BCUT2D eigenvalue weighted by Gasteiger charge is -2.56. The lowest BCUT2D eigenvalue weighted by molar-refractivity contribution is -0.193. The van der Waals surface area contributed by atoms with Crippen molar-refractivity contribution in [3.63, 3.8) is 0 Å². The standard InChI is InChI=1S/C30H27ClN4O8S2/c1-41-30(34-21(36)14-20-12-13-22(45-20)33-28(31)39)26(38)35-23(19(15-42-29(32)40)16-44-27(30)35)25(37)43-24(17-8-4-2-5-9-17)18-10-6-3-7-11-18/h2-13,24,27H,14-16H2,1H3,(H2,32,40)(H,33,39)(H,34,36)/t27-,30+/m1/s1. The summed E-state index contributed by atoms with van der Waals surface area (Å²) in [5.41, 5.74) is 4.99. The molecule has 2 atom stereocenters. The van der Waals surface area contributed by atoms with Crippen LogP contribution in [0, 0.1) is 0 Å². The normalized spacial score (nSPS) is 19.0. The maximum Gasteiger partial charge on any atom is 0.404 e. The number of esters is 1. The number of methoxy groups -OCH3 is 1. The van der Waals surface area contributed by atoms with Gasteiger partial charge in [0.05, 0.1) is 11.4 Å². The first-order valence-corrected chi connectivity index (χ1v) is 15.7. The Hall–Kier alpha value is -4.37. The Morgan fingerprint density at radius 3 is 2.27 bits per heavy atom. The van der Waals surface area contributed by atoms with Gasteiger partial charge >= 0.3 is 17.4 Å². The van der Waals surface area contributed by atoms with E-state index in [1.165, 1.54) is 23.8 Å². The Morgan fingerprint density at radius 1 is 1.04 bits per heavy atom. The molecule has 0 unspecified atom stereocenters. The summed E-state index contributed by atoms with van der Waals surface area (Å²) in [6.07, 6.45) is -1.98. The van der Waals surface area contributed by atoms with Crippen molar-refractivity contribution >= 4 is 68.9 Å². The fourth-order valence-corrected chi connectivity index (χ4v) is 7.47. The molecule has 3 heterocycles. The number of nitrogens with two attached hydrogens (primary N) is 1. The van der Waals surface area contributed by atoms with Crippen molar-refractivity contribution in [2.75, 3.05) is 24.8 Å². The highest BCUT2D eigenvalue weighted by atomic mass is 35.5. The zero-order valence-corrected chi connectivity index (χ0v) is 26.1. The predicted molar refractivity (Wildman–Crippen MR) is 167 cm³/mol. The Labute approximate surface area is 270 Å². The quantitative estimate of drug-likeness (QED) is 0.0894. The minimum Gasteiger partial charge on any atom is -0.448 e. The van der Waals surface area contributed by atoms with Crippen molar-refractivity contribution in [2.45, 2.75) is 23.6 Å². The second kappa shape index (κ2) is 13.7. The molecule has 0 bridgehead atoms. The molecule has 15 heteroatoms. The van der Waals surface area contributed by atoms with Gasteiger partial charge in [-0.1, -0.05) is 60.7 Å². The molecule has 0 aliphatic carbocycles. The van der Waals surface area contributed by atoms with Crippen LogP contribution in [-0.2, 0) is 35.0 Å². The van der Waals surface area contributed by atoms with E-state index in [9.17, 15) is 24.0 Å². The first kappa shape index (κ1) is 32.0. The third-order valence-electron chi connectivity index (χ3n) is 6.99. The molecular weight excluding hydrogens is 644 g/mol. The number of thiophene rings is 1. The second-order valence-corrected chi connectivity index (χ2v) is 12.4. The molecule has 45 heavy (non-hydrogen) atoms. The molecule has 4 N–H and O–H groups in total. The molecule has 0 saturated carbocycles. The van der Waals surface area contributed by atoms with Gasteiger partial charge in [0.15, 0.2) is 6.10 Å². The Bertz CT molecular complexity index is 1610. The number of amides is 4. The highest BCUT2D eigenvalue weighted by Crippen LogP contribution is 2.47. The number of nitrogens with zero attached hydrogens (tertiary/aromatic N) is 1. The summed E-state index contributed by atoms with van der Waals surface area (Å²) < 4.78 is 16.7. The number of nitrogens with one attached hydrogen (secondary N) is 2. The van der Waals surface area contributed by atoms with Crippen LogP contribution < -0.4 is 16.4 Å². The van der Waals surface area contributed by atoms with Gasteiger partial charge in [-0.2, -0.15) is 0 Å². The van der Waals surface area contributed by atoms with Crippen LogP contribution in [0.1, 0.15) is 22.1 Å². The topological polar surface area (TPSA) is 166 Å². The number of thioether (sulfide) groups is 1. The van der Waals surface area contributed by atoms with Gasteiger partial charge in [0.25, 0.3) is 11.6 Å². The van der Waals surface area contributed by atoms with Crippen LogP contribution in [0.5, 0.6) is 0 Å². The monoisotopic (exact) mass is 670 g/mol. The molecule has 1 fully saturated rings. The van der Waals surface area contributed by atoms with E-state index >= 15 is 0 Å². The number of ether oxygens (including phenoxy) is 3. The van der Waals surface area contributed by atoms with Crippen LogP contribution in [0.3, 0.4) is 0 Å². The number of fused-ring (bicyclic) bond motifs is 1. The van der Waals surface area contributed by atoms with Crippen molar-refractivity contribution in [2.24, 2.45) is 5.73 Å². The van der Waals surface area contributed by atoms with E-state index in [1.807, 2.05) is 60.7 Å². The van der Waals surface area contributed by atoms with Crippen LogP contribution in [0.2, 0.25) is 0 Å². The second-order valence-electron chi connectivity index (χ2n) is 9.83. The minimum absolute atomic E-state index is 0.114. The van der Waals surface area contributed by atoms with Gasteiger partial charge in [-0.05, 0) is 34.9 Å². The van der Waals surface area contributed by atoms with Gasteiger partial charge in [-0.25, -0.2) is 9.59 Å². The van der Waals surface area contributed by atoms with Crippen LogP contribution >= 0.6 is 34.7 Å². The molecule has 1 saturated heterocycles. The van der Waals surface area contributed by atoms with E-state index in [0.29, 0.717) is 26.6 Å². The minimum atomic E-state index is -1.79. The Kier molecular flexibility index (Phi) is 9.77. The third-order valence-corrected chi connectivity index (χ3v) is 9.46. The van der Waals surface area contributed by atoms with Gasteiger partial charge in [0.2, 0.25) is 5.91 Å². The fraction of sp³-hybridized carbons (Fsp3) is 0.233. The maximum absolute atomic E-state index is 14.0. The number of carbonyl (C=O) groups excluding carboxylic acids is 5. The molecule has 2 aliphatic rings. The number of carbonyl (C=O) groups is 5. The largest absolute Gasteiger partial charge is 0.448 e. The third kappa shape index (κ3) is 6.83. The zero-order chi connectivity index (χ0) is 32.1. The van der Waals surface area contributed by atoms with Gasteiger partial charge in [-0.15, -0.1) is 23.1 Å². The summed E-state index contributed by atoms with van der Waals surface area (Å²) in [5, 5.41) is 3.96. The van der Waals surface area contributed by atoms with E-state index in [1.54, 1.807) is 12.1 Å². The summed E-state index contributed by atoms with van der Waals surface area (Å²) in [5.74, 6) is -1.93. The summed E-state index contributed by atoms with van der Waals surface area (Å²) in [6.45, 7) is -0.351. The van der Waals surface area contributed by atoms with E-state index in [-0.39, 0.29) is 24.5 Å². The highest BCUT2D eigenvalue weighted by molar-refractivity contribution is 8.00. The number of β-lactam (4-membered cyclic amide) rings is 1. The summed E-state index contributed by atoms with van der Waals surface area (Å²) in [7, 11) is 1.28. The van der Waals surface area contributed by atoms with Crippen LogP contribution in [0.4, 0.5) is 14.6 Å². The van der Waals surface area contributed by atoms with E-state index in [0.717, 1.165) is 11.3 Å². The lowest BCUT2D eigenvalue weighted by atomic mass is 9.97. The van der Waals surface area contributed by atoms with Crippen LogP contribution in [-0.4, -0.2) is 64.7 Å². The number of rotatable bonds is 11.